The molecular weight excluding hydrogens is 302 g/mol. The van der Waals surface area contributed by atoms with E-state index >= 15 is 0 Å². The van der Waals surface area contributed by atoms with E-state index in [-0.39, 0.29) is 11.8 Å². The molecule has 1 aromatic heterocycles. The second-order valence-corrected chi connectivity index (χ2v) is 5.70. The van der Waals surface area contributed by atoms with Crippen LogP contribution in [0.25, 0.3) is 6.08 Å². The van der Waals surface area contributed by atoms with E-state index in [1.54, 1.807) is 6.08 Å². The molecular formula is C16H16ClN3O2. The van der Waals surface area contributed by atoms with E-state index in [9.17, 15) is 4.79 Å². The fourth-order valence-electron chi connectivity index (χ4n) is 2.55. The van der Waals surface area contributed by atoms with Crippen molar-refractivity contribution in [3.05, 3.63) is 53.2 Å². The molecule has 0 spiro atoms. The third-order valence-corrected chi connectivity index (χ3v) is 4.07. The Hall–Kier alpha value is -2.14. The SMILES string of the molecule is O=C(/C=C/c1ccc(Cl)cc1)N1CCC(c2nnco2)CC1. The van der Waals surface area contributed by atoms with Crippen molar-refractivity contribution in [2.75, 3.05) is 13.1 Å². The Bertz CT molecular complexity index is 645. The largest absolute Gasteiger partial charge is 0.428 e. The average molecular weight is 318 g/mol. The van der Waals surface area contributed by atoms with Crippen LogP contribution in [0.2, 0.25) is 5.02 Å². The Morgan fingerprint density at radius 3 is 2.64 bits per heavy atom. The second kappa shape index (κ2) is 6.75. The lowest BCUT2D eigenvalue weighted by Gasteiger charge is -2.29. The lowest BCUT2D eigenvalue weighted by Crippen LogP contribution is -2.36. The lowest BCUT2D eigenvalue weighted by molar-refractivity contribution is -0.127. The van der Waals surface area contributed by atoms with Gasteiger partial charge in [0.15, 0.2) is 0 Å². The maximum absolute atomic E-state index is 12.2. The Morgan fingerprint density at radius 1 is 1.27 bits per heavy atom. The summed E-state index contributed by atoms with van der Waals surface area (Å²) < 4.78 is 5.23. The summed E-state index contributed by atoms with van der Waals surface area (Å²) in [6.45, 7) is 1.41. The molecule has 0 saturated carbocycles. The molecule has 1 amide bonds. The topological polar surface area (TPSA) is 59.2 Å². The van der Waals surface area contributed by atoms with Gasteiger partial charge in [0.05, 0.1) is 0 Å². The highest BCUT2D eigenvalue weighted by atomic mass is 35.5. The summed E-state index contributed by atoms with van der Waals surface area (Å²) in [6, 6.07) is 7.38. The van der Waals surface area contributed by atoms with Gasteiger partial charge in [-0.1, -0.05) is 23.7 Å². The number of piperidine rings is 1. The summed E-state index contributed by atoms with van der Waals surface area (Å²) in [5.41, 5.74) is 0.957. The summed E-state index contributed by atoms with van der Waals surface area (Å²) in [4.78, 5) is 14.0. The molecule has 0 radical (unpaired) electrons. The zero-order valence-electron chi connectivity index (χ0n) is 12.0. The number of hydrogen-bond donors (Lipinski definition) is 0. The summed E-state index contributed by atoms with van der Waals surface area (Å²) in [7, 11) is 0. The van der Waals surface area contributed by atoms with Crippen LogP contribution in [0.3, 0.4) is 0 Å². The zero-order chi connectivity index (χ0) is 15.4. The molecule has 1 aliphatic heterocycles. The van der Waals surface area contributed by atoms with Crippen LogP contribution in [0.15, 0.2) is 41.2 Å². The number of amides is 1. The van der Waals surface area contributed by atoms with Gasteiger partial charge >= 0.3 is 0 Å². The van der Waals surface area contributed by atoms with E-state index < -0.39 is 0 Å². The number of carbonyl (C=O) groups is 1. The molecule has 1 saturated heterocycles. The Morgan fingerprint density at radius 2 is 2.00 bits per heavy atom. The fourth-order valence-corrected chi connectivity index (χ4v) is 2.68. The lowest BCUT2D eigenvalue weighted by atomic mass is 9.97. The third kappa shape index (κ3) is 3.54. The minimum Gasteiger partial charge on any atom is -0.428 e. The van der Waals surface area contributed by atoms with E-state index in [4.69, 9.17) is 16.0 Å². The van der Waals surface area contributed by atoms with Crippen LogP contribution in [-0.2, 0) is 4.79 Å². The maximum atomic E-state index is 12.2. The number of likely N-dealkylation sites (tertiary alicyclic amines) is 1. The molecule has 1 aromatic carbocycles. The molecule has 0 atom stereocenters. The first kappa shape index (κ1) is 14.8. The van der Waals surface area contributed by atoms with Crippen LogP contribution in [0.5, 0.6) is 0 Å². The maximum Gasteiger partial charge on any atom is 0.246 e. The molecule has 0 aliphatic carbocycles. The molecule has 114 valence electrons. The normalized spacial score (nSPS) is 16.3. The monoisotopic (exact) mass is 317 g/mol. The number of aromatic nitrogens is 2. The van der Waals surface area contributed by atoms with Crippen molar-refractivity contribution in [2.45, 2.75) is 18.8 Å². The molecule has 2 heterocycles. The second-order valence-electron chi connectivity index (χ2n) is 5.26. The summed E-state index contributed by atoms with van der Waals surface area (Å²) in [5.74, 6) is 0.953. The first-order valence-corrected chi connectivity index (χ1v) is 7.59. The van der Waals surface area contributed by atoms with Crippen LogP contribution in [0, 0.1) is 0 Å². The van der Waals surface area contributed by atoms with Gasteiger partial charge in [-0.2, -0.15) is 0 Å². The molecule has 6 heteroatoms. The van der Waals surface area contributed by atoms with Crippen LogP contribution < -0.4 is 0 Å². The van der Waals surface area contributed by atoms with Gasteiger partial charge in [0.25, 0.3) is 0 Å². The quantitative estimate of drug-likeness (QED) is 0.816. The van der Waals surface area contributed by atoms with Crippen LogP contribution in [0.4, 0.5) is 0 Å². The van der Waals surface area contributed by atoms with Crippen LogP contribution in [-0.4, -0.2) is 34.1 Å². The number of hydrogen-bond acceptors (Lipinski definition) is 4. The summed E-state index contributed by atoms with van der Waals surface area (Å²) in [5, 5.41) is 8.34. The summed E-state index contributed by atoms with van der Waals surface area (Å²) in [6.07, 6.45) is 6.46. The standard InChI is InChI=1S/C16H16ClN3O2/c17-14-4-1-12(2-5-14)3-6-15(21)20-9-7-13(8-10-20)16-19-18-11-22-16/h1-6,11,13H,7-10H2/b6-3+. The Kier molecular flexibility index (Phi) is 4.53. The molecule has 0 bridgehead atoms. The van der Waals surface area contributed by atoms with Crippen molar-refractivity contribution in [3.63, 3.8) is 0 Å². The highest BCUT2D eigenvalue weighted by Gasteiger charge is 2.25. The van der Waals surface area contributed by atoms with Crippen molar-refractivity contribution < 1.29 is 9.21 Å². The molecule has 2 aromatic rings. The van der Waals surface area contributed by atoms with E-state index in [0.29, 0.717) is 24.0 Å². The number of halogens is 1. The van der Waals surface area contributed by atoms with Gasteiger partial charge in [-0.05, 0) is 36.6 Å². The van der Waals surface area contributed by atoms with E-state index in [2.05, 4.69) is 10.2 Å². The minimum absolute atomic E-state index is 0.0268. The Labute approximate surface area is 133 Å². The summed E-state index contributed by atoms with van der Waals surface area (Å²) >= 11 is 5.84. The minimum atomic E-state index is 0.0268. The third-order valence-electron chi connectivity index (χ3n) is 3.82. The smallest absolute Gasteiger partial charge is 0.246 e. The van der Waals surface area contributed by atoms with Gasteiger partial charge in [-0.25, -0.2) is 0 Å². The van der Waals surface area contributed by atoms with Gasteiger partial charge in [0.2, 0.25) is 18.2 Å². The van der Waals surface area contributed by atoms with Crippen LogP contribution in [0.1, 0.15) is 30.2 Å². The fraction of sp³-hybridized carbons (Fsp3) is 0.312. The van der Waals surface area contributed by atoms with E-state index in [0.717, 1.165) is 18.4 Å². The number of nitrogens with zero attached hydrogens (tertiary/aromatic N) is 3. The predicted octanol–water partition coefficient (Wildman–Crippen LogP) is 3.14. The molecule has 3 rings (SSSR count). The van der Waals surface area contributed by atoms with Crippen LogP contribution >= 0.6 is 11.6 Å². The first-order valence-electron chi connectivity index (χ1n) is 7.21. The van der Waals surface area contributed by atoms with Crippen molar-refractivity contribution in [3.8, 4) is 0 Å². The van der Waals surface area contributed by atoms with E-state index in [1.807, 2.05) is 35.2 Å². The van der Waals surface area contributed by atoms with Crippen molar-refractivity contribution >= 4 is 23.6 Å². The molecule has 5 nitrogen and oxygen atoms in total. The highest BCUT2D eigenvalue weighted by Crippen LogP contribution is 2.26. The zero-order valence-corrected chi connectivity index (χ0v) is 12.7. The first-order chi connectivity index (χ1) is 10.7. The molecule has 0 unspecified atom stereocenters. The van der Waals surface area contributed by atoms with Gasteiger partial charge < -0.3 is 9.32 Å². The predicted molar refractivity (Wildman–Crippen MR) is 83.3 cm³/mol. The van der Waals surface area contributed by atoms with E-state index in [1.165, 1.54) is 6.39 Å². The van der Waals surface area contributed by atoms with Gasteiger partial charge in [0, 0.05) is 30.1 Å². The molecule has 1 aliphatic rings. The number of benzene rings is 1. The van der Waals surface area contributed by atoms with Gasteiger partial charge in [0.1, 0.15) is 0 Å². The van der Waals surface area contributed by atoms with Gasteiger partial charge in [-0.15, -0.1) is 10.2 Å². The molecule has 22 heavy (non-hydrogen) atoms. The average Bonchev–Trinajstić information content (AvgIpc) is 3.09. The highest BCUT2D eigenvalue weighted by molar-refractivity contribution is 6.30. The van der Waals surface area contributed by atoms with Crippen molar-refractivity contribution in [2.24, 2.45) is 0 Å². The molecule has 1 fully saturated rings. The van der Waals surface area contributed by atoms with Crippen molar-refractivity contribution in [1.82, 2.24) is 15.1 Å². The Balaban J connectivity index is 1.54. The number of rotatable bonds is 3. The molecule has 0 N–H and O–H groups in total. The van der Waals surface area contributed by atoms with Crippen molar-refractivity contribution in [1.29, 1.82) is 0 Å². The number of carbonyl (C=O) groups excluding carboxylic acids is 1. The van der Waals surface area contributed by atoms with Gasteiger partial charge in [-0.3, -0.25) is 4.79 Å².